The van der Waals surface area contributed by atoms with Gasteiger partial charge in [-0.15, -0.1) is 24.1 Å². The monoisotopic (exact) mass is 267 g/mol. The van der Waals surface area contributed by atoms with E-state index in [1.807, 2.05) is 36.0 Å². The first kappa shape index (κ1) is 14.4. The SMILES string of the molecule is C#CCC(CSc1ccc(Cl)cc1)NCCC. The Hall–Kier alpha value is -0.620. The van der Waals surface area contributed by atoms with Crippen LogP contribution in [0.5, 0.6) is 0 Å². The molecule has 0 aliphatic heterocycles. The molecule has 1 N–H and O–H groups in total. The normalized spacial score (nSPS) is 12.1. The van der Waals surface area contributed by atoms with Gasteiger partial charge in [-0.05, 0) is 37.2 Å². The summed E-state index contributed by atoms with van der Waals surface area (Å²) in [6.45, 7) is 3.18. The van der Waals surface area contributed by atoms with E-state index in [9.17, 15) is 0 Å². The summed E-state index contributed by atoms with van der Waals surface area (Å²) in [4.78, 5) is 1.23. The highest BCUT2D eigenvalue weighted by atomic mass is 35.5. The zero-order chi connectivity index (χ0) is 12.5. The van der Waals surface area contributed by atoms with Crippen molar-refractivity contribution in [3.05, 3.63) is 29.3 Å². The van der Waals surface area contributed by atoms with E-state index in [2.05, 4.69) is 18.2 Å². The van der Waals surface area contributed by atoms with Crippen LogP contribution in [-0.4, -0.2) is 18.3 Å². The zero-order valence-electron chi connectivity index (χ0n) is 10.1. The van der Waals surface area contributed by atoms with Crippen molar-refractivity contribution in [2.24, 2.45) is 0 Å². The molecular formula is C14H18ClNS. The Morgan fingerprint density at radius 3 is 2.71 bits per heavy atom. The first-order valence-corrected chi connectivity index (χ1v) is 7.17. The van der Waals surface area contributed by atoms with Crippen LogP contribution in [0.2, 0.25) is 5.02 Å². The Bertz CT molecular complexity index is 355. The highest BCUT2D eigenvalue weighted by Crippen LogP contribution is 2.21. The molecule has 0 aliphatic rings. The van der Waals surface area contributed by atoms with Gasteiger partial charge in [0, 0.05) is 28.1 Å². The van der Waals surface area contributed by atoms with Crippen LogP contribution in [-0.2, 0) is 0 Å². The molecule has 92 valence electrons. The van der Waals surface area contributed by atoms with E-state index >= 15 is 0 Å². The van der Waals surface area contributed by atoms with Gasteiger partial charge in [0.2, 0.25) is 0 Å². The van der Waals surface area contributed by atoms with Crippen molar-refractivity contribution in [1.29, 1.82) is 0 Å². The minimum absolute atomic E-state index is 0.389. The fraction of sp³-hybridized carbons (Fsp3) is 0.429. The third kappa shape index (κ3) is 6.02. The largest absolute Gasteiger partial charge is 0.312 e. The van der Waals surface area contributed by atoms with Gasteiger partial charge in [0.1, 0.15) is 0 Å². The maximum absolute atomic E-state index is 5.84. The maximum atomic E-state index is 5.84. The summed E-state index contributed by atoms with van der Waals surface area (Å²) in [5.74, 6) is 3.72. The van der Waals surface area contributed by atoms with Crippen LogP contribution in [0.25, 0.3) is 0 Å². The summed E-state index contributed by atoms with van der Waals surface area (Å²) >= 11 is 7.66. The minimum atomic E-state index is 0.389. The summed E-state index contributed by atoms with van der Waals surface area (Å²) in [6.07, 6.45) is 7.28. The summed E-state index contributed by atoms with van der Waals surface area (Å²) < 4.78 is 0. The molecule has 0 bridgehead atoms. The molecular weight excluding hydrogens is 250 g/mol. The Balaban J connectivity index is 2.40. The second kappa shape index (κ2) is 8.47. The van der Waals surface area contributed by atoms with Gasteiger partial charge >= 0.3 is 0 Å². The van der Waals surface area contributed by atoms with Crippen LogP contribution in [0.4, 0.5) is 0 Å². The van der Waals surface area contributed by atoms with E-state index < -0.39 is 0 Å². The van der Waals surface area contributed by atoms with Crippen LogP contribution in [0.15, 0.2) is 29.2 Å². The van der Waals surface area contributed by atoms with Crippen molar-refractivity contribution in [3.8, 4) is 12.3 Å². The lowest BCUT2D eigenvalue weighted by atomic mass is 10.2. The quantitative estimate of drug-likeness (QED) is 0.595. The molecule has 1 rings (SSSR count). The second-order valence-electron chi connectivity index (χ2n) is 3.82. The smallest absolute Gasteiger partial charge is 0.0406 e. The third-order valence-corrected chi connectivity index (χ3v) is 3.74. The van der Waals surface area contributed by atoms with E-state index in [1.54, 1.807) is 0 Å². The molecule has 0 saturated carbocycles. The second-order valence-corrected chi connectivity index (χ2v) is 5.35. The molecule has 1 atom stereocenters. The predicted molar refractivity (Wildman–Crippen MR) is 77.7 cm³/mol. The molecule has 0 amide bonds. The highest BCUT2D eigenvalue weighted by molar-refractivity contribution is 7.99. The predicted octanol–water partition coefficient (Wildman–Crippen LogP) is 3.82. The van der Waals surface area contributed by atoms with Gasteiger partial charge in [0.25, 0.3) is 0 Å². The number of benzene rings is 1. The summed E-state index contributed by atoms with van der Waals surface area (Å²) in [7, 11) is 0. The third-order valence-electron chi connectivity index (χ3n) is 2.31. The zero-order valence-corrected chi connectivity index (χ0v) is 11.7. The Morgan fingerprint density at radius 2 is 2.12 bits per heavy atom. The van der Waals surface area contributed by atoms with E-state index in [-0.39, 0.29) is 0 Å². The Kier molecular flexibility index (Phi) is 7.19. The van der Waals surface area contributed by atoms with Crippen molar-refractivity contribution < 1.29 is 0 Å². The molecule has 0 spiro atoms. The lowest BCUT2D eigenvalue weighted by molar-refractivity contribution is 0.563. The lowest BCUT2D eigenvalue weighted by Gasteiger charge is -2.15. The summed E-state index contributed by atoms with van der Waals surface area (Å²) in [6, 6.07) is 8.30. The van der Waals surface area contributed by atoms with Crippen LogP contribution >= 0.6 is 23.4 Å². The molecule has 0 fully saturated rings. The number of nitrogens with one attached hydrogen (secondary N) is 1. The number of hydrogen-bond acceptors (Lipinski definition) is 2. The van der Waals surface area contributed by atoms with Gasteiger partial charge in [-0.25, -0.2) is 0 Å². The van der Waals surface area contributed by atoms with E-state index in [1.165, 1.54) is 4.90 Å². The number of halogens is 1. The van der Waals surface area contributed by atoms with Crippen molar-refractivity contribution in [2.45, 2.75) is 30.7 Å². The van der Waals surface area contributed by atoms with Gasteiger partial charge in [0.15, 0.2) is 0 Å². The topological polar surface area (TPSA) is 12.0 Å². The van der Waals surface area contributed by atoms with Gasteiger partial charge in [-0.2, -0.15) is 0 Å². The van der Waals surface area contributed by atoms with E-state index in [0.717, 1.165) is 30.2 Å². The Morgan fingerprint density at radius 1 is 1.41 bits per heavy atom. The van der Waals surface area contributed by atoms with Crippen LogP contribution in [0.3, 0.4) is 0 Å². The molecule has 1 aromatic carbocycles. The number of terminal acetylenes is 1. The molecule has 1 unspecified atom stereocenters. The van der Waals surface area contributed by atoms with Crippen LogP contribution < -0.4 is 5.32 Å². The van der Waals surface area contributed by atoms with Crippen molar-refractivity contribution in [3.63, 3.8) is 0 Å². The molecule has 0 radical (unpaired) electrons. The average molecular weight is 268 g/mol. The van der Waals surface area contributed by atoms with Gasteiger partial charge in [0.05, 0.1) is 0 Å². The maximum Gasteiger partial charge on any atom is 0.0406 e. The van der Waals surface area contributed by atoms with Crippen molar-refractivity contribution in [1.82, 2.24) is 5.32 Å². The first-order valence-electron chi connectivity index (χ1n) is 5.81. The minimum Gasteiger partial charge on any atom is -0.312 e. The first-order chi connectivity index (χ1) is 8.26. The van der Waals surface area contributed by atoms with Gasteiger partial charge in [-0.3, -0.25) is 0 Å². The van der Waals surface area contributed by atoms with E-state index in [4.69, 9.17) is 18.0 Å². The summed E-state index contributed by atoms with van der Waals surface area (Å²) in [5, 5.41) is 4.24. The lowest BCUT2D eigenvalue weighted by Crippen LogP contribution is -2.31. The molecule has 1 aromatic rings. The number of hydrogen-bond donors (Lipinski definition) is 1. The van der Waals surface area contributed by atoms with Crippen LogP contribution in [0.1, 0.15) is 19.8 Å². The molecule has 0 saturated heterocycles. The number of rotatable bonds is 7. The van der Waals surface area contributed by atoms with Crippen molar-refractivity contribution in [2.75, 3.05) is 12.3 Å². The summed E-state index contributed by atoms with van der Waals surface area (Å²) in [5.41, 5.74) is 0. The molecule has 17 heavy (non-hydrogen) atoms. The Labute approximate surface area is 113 Å². The highest BCUT2D eigenvalue weighted by Gasteiger charge is 2.06. The van der Waals surface area contributed by atoms with Crippen molar-refractivity contribution >= 4 is 23.4 Å². The van der Waals surface area contributed by atoms with Crippen LogP contribution in [0, 0.1) is 12.3 Å². The molecule has 0 aromatic heterocycles. The number of thioether (sulfide) groups is 1. The fourth-order valence-electron chi connectivity index (χ4n) is 1.41. The molecule has 0 aliphatic carbocycles. The average Bonchev–Trinajstić information content (AvgIpc) is 2.35. The molecule has 0 heterocycles. The fourth-order valence-corrected chi connectivity index (χ4v) is 2.49. The molecule has 3 heteroatoms. The van der Waals surface area contributed by atoms with Gasteiger partial charge in [-0.1, -0.05) is 18.5 Å². The molecule has 1 nitrogen and oxygen atoms in total. The van der Waals surface area contributed by atoms with E-state index in [0.29, 0.717) is 6.04 Å². The van der Waals surface area contributed by atoms with Gasteiger partial charge < -0.3 is 5.32 Å². The standard InChI is InChI=1S/C14H18ClNS/c1-3-5-13(16-10-4-2)11-17-14-8-6-12(15)7-9-14/h1,6-9,13,16H,4-5,10-11H2,2H3.